The molecule has 1 saturated heterocycles. The molecule has 1 atom stereocenters. The van der Waals surface area contributed by atoms with Crippen molar-refractivity contribution in [2.24, 2.45) is 5.92 Å². The molecule has 0 spiro atoms. The number of rotatable bonds is 1. The van der Waals surface area contributed by atoms with Gasteiger partial charge < -0.3 is 4.90 Å². The summed E-state index contributed by atoms with van der Waals surface area (Å²) < 4.78 is 1.24. The first-order valence-corrected chi connectivity index (χ1v) is 7.47. The highest BCUT2D eigenvalue weighted by Gasteiger charge is 2.19. The molecule has 2 aromatic rings. The molecule has 0 N–H and O–H groups in total. The van der Waals surface area contributed by atoms with Gasteiger partial charge in [-0.25, -0.2) is 9.97 Å². The van der Waals surface area contributed by atoms with Gasteiger partial charge in [-0.1, -0.05) is 6.92 Å². The Bertz CT molecular complexity index is 570. The predicted octanol–water partition coefficient (Wildman–Crippen LogP) is 3.47. The Kier molecular flexibility index (Phi) is 3.37. The summed E-state index contributed by atoms with van der Waals surface area (Å²) in [6.07, 6.45) is 4.28. The van der Waals surface area contributed by atoms with E-state index in [2.05, 4.69) is 62.6 Å². The van der Waals surface area contributed by atoms with Crippen molar-refractivity contribution in [2.75, 3.05) is 18.0 Å². The SMILES string of the molecule is CC1CCCN(c2ncnc3ccc(I)cc23)C1. The summed E-state index contributed by atoms with van der Waals surface area (Å²) in [5, 5.41) is 1.18. The fourth-order valence-electron chi connectivity index (χ4n) is 2.65. The van der Waals surface area contributed by atoms with E-state index in [0.717, 1.165) is 30.3 Å². The van der Waals surface area contributed by atoms with Crippen LogP contribution in [-0.4, -0.2) is 23.1 Å². The molecular weight excluding hydrogens is 337 g/mol. The lowest BCUT2D eigenvalue weighted by Gasteiger charge is -2.32. The zero-order valence-corrected chi connectivity index (χ0v) is 12.6. The van der Waals surface area contributed by atoms with Crippen LogP contribution in [0, 0.1) is 9.49 Å². The monoisotopic (exact) mass is 353 g/mol. The molecule has 1 aliphatic rings. The Morgan fingerprint density at radius 3 is 3.06 bits per heavy atom. The summed E-state index contributed by atoms with van der Waals surface area (Å²) in [7, 11) is 0. The Morgan fingerprint density at radius 2 is 2.22 bits per heavy atom. The molecule has 0 radical (unpaired) electrons. The number of hydrogen-bond acceptors (Lipinski definition) is 3. The fraction of sp³-hybridized carbons (Fsp3) is 0.429. The number of anilines is 1. The summed E-state index contributed by atoms with van der Waals surface area (Å²) in [5.74, 6) is 1.86. The number of nitrogens with zero attached hydrogens (tertiary/aromatic N) is 3. The van der Waals surface area contributed by atoms with Gasteiger partial charge in [0.25, 0.3) is 0 Å². The molecule has 3 rings (SSSR count). The van der Waals surface area contributed by atoms with E-state index in [-0.39, 0.29) is 0 Å². The van der Waals surface area contributed by atoms with Crippen LogP contribution in [0.2, 0.25) is 0 Å². The minimum atomic E-state index is 0.756. The first-order chi connectivity index (χ1) is 8.74. The van der Waals surface area contributed by atoms with Crippen molar-refractivity contribution in [3.8, 4) is 0 Å². The Balaban J connectivity index is 2.07. The highest BCUT2D eigenvalue weighted by molar-refractivity contribution is 14.1. The van der Waals surface area contributed by atoms with Crippen molar-refractivity contribution < 1.29 is 0 Å². The van der Waals surface area contributed by atoms with Crippen LogP contribution < -0.4 is 4.90 Å². The third-order valence-corrected chi connectivity index (χ3v) is 4.20. The molecule has 0 amide bonds. The van der Waals surface area contributed by atoms with Gasteiger partial charge in [-0.2, -0.15) is 0 Å². The van der Waals surface area contributed by atoms with Crippen LogP contribution in [0.15, 0.2) is 24.5 Å². The summed E-state index contributed by atoms with van der Waals surface area (Å²) in [6.45, 7) is 4.54. The third-order valence-electron chi connectivity index (χ3n) is 3.53. The minimum Gasteiger partial charge on any atom is -0.356 e. The summed E-state index contributed by atoms with van der Waals surface area (Å²) in [6, 6.07) is 6.36. The van der Waals surface area contributed by atoms with Crippen LogP contribution in [0.3, 0.4) is 0 Å². The number of fused-ring (bicyclic) bond motifs is 1. The first kappa shape index (κ1) is 12.1. The number of piperidine rings is 1. The Labute approximate surface area is 121 Å². The van der Waals surface area contributed by atoms with Gasteiger partial charge in [0.05, 0.1) is 5.52 Å². The molecule has 3 nitrogen and oxygen atoms in total. The van der Waals surface area contributed by atoms with Crippen LogP contribution >= 0.6 is 22.6 Å². The highest BCUT2D eigenvalue weighted by atomic mass is 127. The predicted molar refractivity (Wildman–Crippen MR) is 82.9 cm³/mol. The number of aromatic nitrogens is 2. The van der Waals surface area contributed by atoms with Crippen molar-refractivity contribution >= 4 is 39.3 Å². The third kappa shape index (κ3) is 2.30. The maximum Gasteiger partial charge on any atom is 0.139 e. The zero-order valence-electron chi connectivity index (χ0n) is 10.4. The van der Waals surface area contributed by atoms with Crippen LogP contribution in [0.1, 0.15) is 19.8 Å². The fourth-order valence-corrected chi connectivity index (χ4v) is 3.14. The van der Waals surface area contributed by atoms with Crippen molar-refractivity contribution in [3.63, 3.8) is 0 Å². The van der Waals surface area contributed by atoms with Gasteiger partial charge in [-0.15, -0.1) is 0 Å². The van der Waals surface area contributed by atoms with Gasteiger partial charge in [-0.05, 0) is 59.5 Å². The number of hydrogen-bond donors (Lipinski definition) is 0. The van der Waals surface area contributed by atoms with E-state index in [1.807, 2.05) is 0 Å². The molecule has 1 fully saturated rings. The largest absolute Gasteiger partial charge is 0.356 e. The molecule has 94 valence electrons. The Hall–Kier alpha value is -0.910. The quantitative estimate of drug-likeness (QED) is 0.736. The lowest BCUT2D eigenvalue weighted by atomic mass is 10.00. The van der Waals surface area contributed by atoms with Crippen molar-refractivity contribution in [3.05, 3.63) is 28.1 Å². The van der Waals surface area contributed by atoms with Gasteiger partial charge in [0.15, 0.2) is 0 Å². The zero-order chi connectivity index (χ0) is 12.5. The molecule has 0 bridgehead atoms. The highest BCUT2D eigenvalue weighted by Crippen LogP contribution is 2.28. The summed E-state index contributed by atoms with van der Waals surface area (Å²) in [4.78, 5) is 11.3. The average molecular weight is 353 g/mol. The van der Waals surface area contributed by atoms with Crippen molar-refractivity contribution in [1.29, 1.82) is 0 Å². The summed E-state index contributed by atoms with van der Waals surface area (Å²) in [5.41, 5.74) is 1.04. The second-order valence-corrected chi connectivity index (χ2v) is 6.30. The molecule has 1 aromatic carbocycles. The second kappa shape index (κ2) is 4.99. The standard InChI is InChI=1S/C14H16IN3/c1-10-3-2-6-18(8-10)14-12-7-11(15)4-5-13(12)16-9-17-14/h4-5,7,9-10H,2-3,6,8H2,1H3. The summed E-state index contributed by atoms with van der Waals surface area (Å²) >= 11 is 2.35. The normalized spacial score (nSPS) is 20.3. The lowest BCUT2D eigenvalue weighted by molar-refractivity contribution is 0.445. The molecule has 1 aromatic heterocycles. The second-order valence-electron chi connectivity index (χ2n) is 5.05. The van der Waals surface area contributed by atoms with E-state index >= 15 is 0 Å². The van der Waals surface area contributed by atoms with Crippen molar-refractivity contribution in [1.82, 2.24) is 9.97 Å². The maximum atomic E-state index is 4.52. The van der Waals surface area contributed by atoms with E-state index in [9.17, 15) is 0 Å². The minimum absolute atomic E-state index is 0.756. The molecule has 1 aliphatic heterocycles. The molecule has 18 heavy (non-hydrogen) atoms. The number of halogens is 1. The van der Waals surface area contributed by atoms with E-state index in [4.69, 9.17) is 0 Å². The topological polar surface area (TPSA) is 29.0 Å². The van der Waals surface area contributed by atoms with Crippen LogP contribution in [0.4, 0.5) is 5.82 Å². The molecule has 0 aliphatic carbocycles. The van der Waals surface area contributed by atoms with Gasteiger partial charge in [0.1, 0.15) is 12.1 Å². The molecule has 2 heterocycles. The van der Waals surface area contributed by atoms with Crippen LogP contribution in [-0.2, 0) is 0 Å². The van der Waals surface area contributed by atoms with E-state index in [1.54, 1.807) is 6.33 Å². The average Bonchev–Trinajstić information content (AvgIpc) is 2.38. The van der Waals surface area contributed by atoms with Crippen LogP contribution in [0.5, 0.6) is 0 Å². The lowest BCUT2D eigenvalue weighted by Crippen LogP contribution is -2.34. The van der Waals surface area contributed by atoms with Gasteiger partial charge in [0.2, 0.25) is 0 Å². The van der Waals surface area contributed by atoms with Gasteiger partial charge in [0, 0.05) is 22.0 Å². The van der Waals surface area contributed by atoms with E-state index in [1.165, 1.54) is 21.8 Å². The van der Waals surface area contributed by atoms with Crippen molar-refractivity contribution in [2.45, 2.75) is 19.8 Å². The molecule has 4 heteroatoms. The van der Waals surface area contributed by atoms with E-state index < -0.39 is 0 Å². The Morgan fingerprint density at radius 1 is 1.33 bits per heavy atom. The van der Waals surface area contributed by atoms with Gasteiger partial charge in [-0.3, -0.25) is 0 Å². The van der Waals surface area contributed by atoms with E-state index in [0.29, 0.717) is 0 Å². The smallest absolute Gasteiger partial charge is 0.139 e. The van der Waals surface area contributed by atoms with Crippen LogP contribution in [0.25, 0.3) is 10.9 Å². The number of benzene rings is 1. The molecule has 0 saturated carbocycles. The molecule has 1 unspecified atom stereocenters. The first-order valence-electron chi connectivity index (χ1n) is 6.39. The molecular formula is C14H16IN3. The van der Waals surface area contributed by atoms with Gasteiger partial charge >= 0.3 is 0 Å². The maximum absolute atomic E-state index is 4.52.